The molecule has 2 fully saturated rings. The molecule has 1 saturated heterocycles. The number of amides is 1. The lowest BCUT2D eigenvalue weighted by molar-refractivity contribution is -0.141. The first-order valence-electron chi connectivity index (χ1n) is 7.27. The average molecular weight is 318 g/mol. The Morgan fingerprint density at radius 3 is 2.39 bits per heavy atom. The number of rotatable bonds is 4. The summed E-state index contributed by atoms with van der Waals surface area (Å²) in [6.07, 6.45) is 8.11. The van der Waals surface area contributed by atoms with Crippen LogP contribution in [-0.4, -0.2) is 41.9 Å². The predicted octanol–water partition coefficient (Wildman–Crippen LogP) is 2.97. The van der Waals surface area contributed by atoms with Gasteiger partial charge in [-0.25, -0.2) is 0 Å². The maximum Gasteiger partial charge on any atom is 0.226 e. The highest BCUT2D eigenvalue weighted by atomic mass is 79.9. The van der Waals surface area contributed by atoms with E-state index >= 15 is 0 Å². The maximum absolute atomic E-state index is 12.6. The Kier molecular flexibility index (Phi) is 5.96. The van der Waals surface area contributed by atoms with Gasteiger partial charge in [-0.2, -0.15) is 0 Å². The normalized spacial score (nSPS) is 22.9. The molecule has 1 amide bonds. The minimum Gasteiger partial charge on any atom is -0.381 e. The molecule has 0 bridgehead atoms. The highest BCUT2D eigenvalue weighted by molar-refractivity contribution is 9.09. The second-order valence-corrected chi connectivity index (χ2v) is 6.19. The lowest BCUT2D eigenvalue weighted by Crippen LogP contribution is -2.46. The van der Waals surface area contributed by atoms with E-state index in [0.717, 1.165) is 37.9 Å². The van der Waals surface area contributed by atoms with Crippen LogP contribution in [-0.2, 0) is 9.53 Å². The van der Waals surface area contributed by atoms with Crippen LogP contribution < -0.4 is 0 Å². The first-order valence-corrected chi connectivity index (χ1v) is 8.39. The minimum absolute atomic E-state index is 0.208. The van der Waals surface area contributed by atoms with Crippen molar-refractivity contribution in [3.05, 3.63) is 0 Å². The molecule has 1 aliphatic carbocycles. The summed E-state index contributed by atoms with van der Waals surface area (Å²) in [7, 11) is 0. The zero-order valence-electron chi connectivity index (χ0n) is 11.1. The van der Waals surface area contributed by atoms with Gasteiger partial charge in [-0.15, -0.1) is 0 Å². The third-order valence-electron chi connectivity index (χ3n) is 4.19. The summed E-state index contributed by atoms with van der Waals surface area (Å²) in [5.41, 5.74) is 0. The number of hydrogen-bond acceptors (Lipinski definition) is 2. The van der Waals surface area contributed by atoms with Gasteiger partial charge in [0.05, 0.1) is 0 Å². The van der Waals surface area contributed by atoms with Crippen molar-refractivity contribution in [3.63, 3.8) is 0 Å². The standard InChI is InChI=1S/C14H24BrNO2/c15-8-9-16(13-4-2-1-3-5-13)14(17)12-6-10-18-11-7-12/h12-13H,1-11H2. The minimum atomic E-state index is 0.208. The quantitative estimate of drug-likeness (QED) is 0.746. The van der Waals surface area contributed by atoms with Crippen molar-refractivity contribution in [2.75, 3.05) is 25.1 Å². The topological polar surface area (TPSA) is 29.5 Å². The predicted molar refractivity (Wildman–Crippen MR) is 75.9 cm³/mol. The number of halogens is 1. The molecule has 1 aliphatic heterocycles. The third-order valence-corrected chi connectivity index (χ3v) is 4.55. The first-order chi connectivity index (χ1) is 8.83. The molecular weight excluding hydrogens is 294 g/mol. The molecule has 0 N–H and O–H groups in total. The van der Waals surface area contributed by atoms with Gasteiger partial charge in [0.1, 0.15) is 0 Å². The van der Waals surface area contributed by atoms with Crippen LogP contribution in [0.2, 0.25) is 0 Å². The van der Waals surface area contributed by atoms with E-state index in [9.17, 15) is 4.79 Å². The van der Waals surface area contributed by atoms with E-state index in [0.29, 0.717) is 11.9 Å². The zero-order valence-corrected chi connectivity index (χ0v) is 12.7. The molecule has 4 heteroatoms. The van der Waals surface area contributed by atoms with Crippen molar-refractivity contribution in [1.29, 1.82) is 0 Å². The van der Waals surface area contributed by atoms with Crippen LogP contribution in [0.15, 0.2) is 0 Å². The molecule has 2 rings (SSSR count). The first kappa shape index (κ1) is 14.3. The summed E-state index contributed by atoms with van der Waals surface area (Å²) in [5.74, 6) is 0.587. The third kappa shape index (κ3) is 3.70. The van der Waals surface area contributed by atoms with Crippen molar-refractivity contribution < 1.29 is 9.53 Å². The Hall–Kier alpha value is -0.0900. The van der Waals surface area contributed by atoms with Gasteiger partial charge >= 0.3 is 0 Å². The van der Waals surface area contributed by atoms with Crippen LogP contribution in [0.3, 0.4) is 0 Å². The highest BCUT2D eigenvalue weighted by Crippen LogP contribution is 2.26. The number of ether oxygens (including phenoxy) is 1. The molecule has 18 heavy (non-hydrogen) atoms. The fourth-order valence-electron chi connectivity index (χ4n) is 3.14. The van der Waals surface area contributed by atoms with Crippen molar-refractivity contribution in [1.82, 2.24) is 4.90 Å². The molecule has 0 aromatic rings. The Labute approximate surface area is 118 Å². The molecule has 1 heterocycles. The molecular formula is C14H24BrNO2. The average Bonchev–Trinajstić information content (AvgIpc) is 2.46. The van der Waals surface area contributed by atoms with Crippen molar-refractivity contribution in [3.8, 4) is 0 Å². The number of nitrogens with zero attached hydrogens (tertiary/aromatic N) is 1. The summed E-state index contributed by atoms with van der Waals surface area (Å²) in [6, 6.07) is 0.492. The van der Waals surface area contributed by atoms with Crippen molar-refractivity contribution in [2.24, 2.45) is 5.92 Å². The summed E-state index contributed by atoms with van der Waals surface area (Å²) in [4.78, 5) is 14.8. The monoisotopic (exact) mass is 317 g/mol. The van der Waals surface area contributed by atoms with E-state index in [4.69, 9.17) is 4.74 Å². The Morgan fingerprint density at radius 1 is 1.11 bits per heavy atom. The van der Waals surface area contributed by atoms with E-state index in [1.807, 2.05) is 0 Å². The summed E-state index contributed by atoms with van der Waals surface area (Å²) >= 11 is 3.49. The van der Waals surface area contributed by atoms with E-state index in [-0.39, 0.29) is 5.92 Å². The van der Waals surface area contributed by atoms with E-state index < -0.39 is 0 Å². The highest BCUT2D eigenvalue weighted by Gasteiger charge is 2.30. The van der Waals surface area contributed by atoms with Gasteiger partial charge in [-0.05, 0) is 25.7 Å². The molecule has 0 atom stereocenters. The largest absolute Gasteiger partial charge is 0.381 e. The maximum atomic E-state index is 12.6. The van der Waals surface area contributed by atoms with Crippen LogP contribution in [0, 0.1) is 5.92 Å². The number of alkyl halides is 1. The lowest BCUT2D eigenvalue weighted by Gasteiger charge is -2.37. The van der Waals surface area contributed by atoms with Crippen LogP contribution in [0.25, 0.3) is 0 Å². The Morgan fingerprint density at radius 2 is 1.78 bits per heavy atom. The van der Waals surface area contributed by atoms with E-state index in [1.54, 1.807) is 0 Å². The fourth-order valence-corrected chi connectivity index (χ4v) is 3.52. The smallest absolute Gasteiger partial charge is 0.226 e. The van der Waals surface area contributed by atoms with Crippen molar-refractivity contribution in [2.45, 2.75) is 51.0 Å². The lowest BCUT2D eigenvalue weighted by atomic mass is 9.91. The summed E-state index contributed by atoms with van der Waals surface area (Å²) in [5, 5.41) is 0.887. The number of hydrogen-bond donors (Lipinski definition) is 0. The van der Waals surface area contributed by atoms with Crippen LogP contribution >= 0.6 is 15.9 Å². The number of carbonyl (C=O) groups excluding carboxylic acids is 1. The summed E-state index contributed by atoms with van der Waals surface area (Å²) in [6.45, 7) is 2.37. The second kappa shape index (κ2) is 7.49. The van der Waals surface area contributed by atoms with Crippen LogP contribution in [0.1, 0.15) is 44.9 Å². The molecule has 0 aromatic carbocycles. The molecule has 104 valence electrons. The fraction of sp³-hybridized carbons (Fsp3) is 0.929. The van der Waals surface area contributed by atoms with Gasteiger partial charge in [0.2, 0.25) is 5.91 Å². The van der Waals surface area contributed by atoms with Gasteiger partial charge in [-0.3, -0.25) is 4.79 Å². The Balaban J connectivity index is 1.96. The zero-order chi connectivity index (χ0) is 12.8. The van der Waals surface area contributed by atoms with Crippen LogP contribution in [0.4, 0.5) is 0 Å². The number of carbonyl (C=O) groups is 1. The molecule has 2 aliphatic rings. The van der Waals surface area contributed by atoms with Crippen LogP contribution in [0.5, 0.6) is 0 Å². The molecule has 0 spiro atoms. The van der Waals surface area contributed by atoms with Gasteiger partial charge < -0.3 is 9.64 Å². The molecule has 0 radical (unpaired) electrons. The molecule has 1 saturated carbocycles. The second-order valence-electron chi connectivity index (χ2n) is 5.40. The Bertz CT molecular complexity index is 261. The van der Waals surface area contributed by atoms with Gasteiger partial charge in [0.15, 0.2) is 0 Å². The van der Waals surface area contributed by atoms with E-state index in [1.165, 1.54) is 32.1 Å². The molecule has 0 unspecified atom stereocenters. The van der Waals surface area contributed by atoms with E-state index in [2.05, 4.69) is 20.8 Å². The van der Waals surface area contributed by atoms with Gasteiger partial charge in [0.25, 0.3) is 0 Å². The SMILES string of the molecule is O=C(C1CCOCC1)N(CCBr)C1CCCCC1. The summed E-state index contributed by atoms with van der Waals surface area (Å²) < 4.78 is 5.36. The molecule has 3 nitrogen and oxygen atoms in total. The van der Waals surface area contributed by atoms with Crippen molar-refractivity contribution >= 4 is 21.8 Å². The van der Waals surface area contributed by atoms with Gasteiger partial charge in [-0.1, -0.05) is 35.2 Å². The molecule has 0 aromatic heterocycles. The van der Waals surface area contributed by atoms with Gasteiger partial charge in [0, 0.05) is 37.0 Å².